The van der Waals surface area contributed by atoms with Gasteiger partial charge in [-0.15, -0.1) is 5.10 Å². The van der Waals surface area contributed by atoms with Crippen LogP contribution in [-0.4, -0.2) is 43.5 Å². The van der Waals surface area contributed by atoms with Crippen LogP contribution in [-0.2, 0) is 11.3 Å². The lowest BCUT2D eigenvalue weighted by Gasteiger charge is -2.19. The standard InChI is InChI=1S/C15H28N4O2/c1-12(2)13-5-4-8-19(9-6-13)15-18-17-14(21-15)11-16-7-10-20-3/h12-13,16H,4-11H2,1-3H3. The number of nitrogens with zero attached hydrogens (tertiary/aromatic N) is 3. The highest BCUT2D eigenvalue weighted by Crippen LogP contribution is 2.26. The van der Waals surface area contributed by atoms with Crippen molar-refractivity contribution in [2.24, 2.45) is 11.8 Å². The highest BCUT2D eigenvalue weighted by Gasteiger charge is 2.22. The minimum absolute atomic E-state index is 0.596. The van der Waals surface area contributed by atoms with Crippen molar-refractivity contribution in [3.63, 3.8) is 0 Å². The van der Waals surface area contributed by atoms with Crippen molar-refractivity contribution in [3.05, 3.63) is 5.89 Å². The molecule has 1 unspecified atom stereocenters. The zero-order valence-electron chi connectivity index (χ0n) is 13.5. The minimum Gasteiger partial charge on any atom is -0.407 e. The SMILES string of the molecule is COCCNCc1nnc(N2CCCC(C(C)C)CC2)o1. The monoisotopic (exact) mass is 296 g/mol. The van der Waals surface area contributed by atoms with E-state index in [9.17, 15) is 0 Å². The Morgan fingerprint density at radius 3 is 2.95 bits per heavy atom. The van der Waals surface area contributed by atoms with Crippen LogP contribution in [0.1, 0.15) is 39.0 Å². The molecule has 1 atom stereocenters. The van der Waals surface area contributed by atoms with E-state index in [1.54, 1.807) is 7.11 Å². The van der Waals surface area contributed by atoms with Gasteiger partial charge in [-0.2, -0.15) is 0 Å². The van der Waals surface area contributed by atoms with Gasteiger partial charge in [-0.05, 0) is 31.1 Å². The zero-order chi connectivity index (χ0) is 15.1. The van der Waals surface area contributed by atoms with Gasteiger partial charge in [0.25, 0.3) is 0 Å². The van der Waals surface area contributed by atoms with Gasteiger partial charge in [0.15, 0.2) is 0 Å². The number of hydrogen-bond donors (Lipinski definition) is 1. The summed E-state index contributed by atoms with van der Waals surface area (Å²) in [6.45, 7) is 8.73. The molecule has 0 saturated carbocycles. The summed E-state index contributed by atoms with van der Waals surface area (Å²) >= 11 is 0. The maximum absolute atomic E-state index is 5.75. The van der Waals surface area contributed by atoms with Crippen LogP contribution in [0.25, 0.3) is 0 Å². The Kier molecular flexibility index (Phi) is 6.45. The van der Waals surface area contributed by atoms with Gasteiger partial charge in [0.1, 0.15) is 0 Å². The van der Waals surface area contributed by atoms with E-state index in [0.29, 0.717) is 25.1 Å². The maximum atomic E-state index is 5.75. The van der Waals surface area contributed by atoms with Gasteiger partial charge >= 0.3 is 6.01 Å². The molecule has 0 aliphatic carbocycles. The third kappa shape index (κ3) is 4.97. The van der Waals surface area contributed by atoms with E-state index in [4.69, 9.17) is 9.15 Å². The van der Waals surface area contributed by atoms with Crippen molar-refractivity contribution in [1.82, 2.24) is 15.5 Å². The Hall–Kier alpha value is -1.14. The number of hydrogen-bond acceptors (Lipinski definition) is 6. The zero-order valence-corrected chi connectivity index (χ0v) is 13.5. The molecule has 2 heterocycles. The second-order valence-electron chi connectivity index (χ2n) is 6.07. The lowest BCUT2D eigenvalue weighted by atomic mass is 9.89. The number of anilines is 1. The Morgan fingerprint density at radius 2 is 2.19 bits per heavy atom. The molecule has 0 amide bonds. The number of aromatic nitrogens is 2. The molecule has 21 heavy (non-hydrogen) atoms. The average Bonchev–Trinajstić information content (AvgIpc) is 2.79. The molecule has 0 radical (unpaired) electrons. The first-order chi connectivity index (χ1) is 10.2. The minimum atomic E-state index is 0.596. The molecule has 1 aliphatic rings. The molecular formula is C15H28N4O2. The summed E-state index contributed by atoms with van der Waals surface area (Å²) in [7, 11) is 1.69. The van der Waals surface area contributed by atoms with Gasteiger partial charge in [0.05, 0.1) is 13.2 Å². The van der Waals surface area contributed by atoms with Crippen LogP contribution in [0, 0.1) is 11.8 Å². The molecular weight excluding hydrogens is 268 g/mol. The number of methoxy groups -OCH3 is 1. The van der Waals surface area contributed by atoms with Crippen LogP contribution in [0.5, 0.6) is 0 Å². The molecule has 120 valence electrons. The summed E-state index contributed by atoms with van der Waals surface area (Å²) in [6, 6.07) is 0.669. The van der Waals surface area contributed by atoms with Gasteiger partial charge in [0.2, 0.25) is 5.89 Å². The van der Waals surface area contributed by atoms with E-state index < -0.39 is 0 Å². The van der Waals surface area contributed by atoms with Crippen molar-refractivity contribution < 1.29 is 9.15 Å². The van der Waals surface area contributed by atoms with Crippen molar-refractivity contribution in [1.29, 1.82) is 0 Å². The molecule has 1 N–H and O–H groups in total. The predicted octanol–water partition coefficient (Wildman–Crippen LogP) is 2.07. The molecule has 6 nitrogen and oxygen atoms in total. The lowest BCUT2D eigenvalue weighted by molar-refractivity contribution is 0.198. The largest absolute Gasteiger partial charge is 0.407 e. The van der Waals surface area contributed by atoms with Crippen LogP contribution >= 0.6 is 0 Å². The first-order valence-corrected chi connectivity index (χ1v) is 7.97. The van der Waals surface area contributed by atoms with Gasteiger partial charge in [-0.25, -0.2) is 0 Å². The number of nitrogens with one attached hydrogen (secondary N) is 1. The predicted molar refractivity (Wildman–Crippen MR) is 82.3 cm³/mol. The molecule has 1 fully saturated rings. The quantitative estimate of drug-likeness (QED) is 0.777. The molecule has 0 bridgehead atoms. The molecule has 0 aromatic carbocycles. The Morgan fingerprint density at radius 1 is 1.33 bits per heavy atom. The van der Waals surface area contributed by atoms with E-state index in [2.05, 4.69) is 34.3 Å². The first kappa shape index (κ1) is 16.2. The van der Waals surface area contributed by atoms with Crippen LogP contribution in [0.2, 0.25) is 0 Å². The van der Waals surface area contributed by atoms with Crippen molar-refractivity contribution in [2.75, 3.05) is 38.3 Å². The molecule has 6 heteroatoms. The third-order valence-electron chi connectivity index (χ3n) is 4.20. The van der Waals surface area contributed by atoms with Crippen LogP contribution in [0.3, 0.4) is 0 Å². The molecule has 0 spiro atoms. The highest BCUT2D eigenvalue weighted by molar-refractivity contribution is 5.24. The fourth-order valence-electron chi connectivity index (χ4n) is 2.79. The number of rotatable bonds is 7. The smallest absolute Gasteiger partial charge is 0.318 e. The summed E-state index contributed by atoms with van der Waals surface area (Å²) in [4.78, 5) is 2.23. The summed E-state index contributed by atoms with van der Waals surface area (Å²) in [5, 5.41) is 11.5. The van der Waals surface area contributed by atoms with Crippen LogP contribution < -0.4 is 10.2 Å². The highest BCUT2D eigenvalue weighted by atomic mass is 16.5. The Labute approximate surface area is 127 Å². The Bertz CT molecular complexity index is 408. The Balaban J connectivity index is 1.83. The van der Waals surface area contributed by atoms with E-state index in [1.807, 2.05) is 0 Å². The average molecular weight is 296 g/mol. The maximum Gasteiger partial charge on any atom is 0.318 e. The first-order valence-electron chi connectivity index (χ1n) is 7.97. The summed E-state index contributed by atoms with van der Waals surface area (Å²) < 4.78 is 10.7. The van der Waals surface area contributed by atoms with E-state index in [0.717, 1.165) is 31.5 Å². The van der Waals surface area contributed by atoms with Crippen molar-refractivity contribution in [3.8, 4) is 0 Å². The summed E-state index contributed by atoms with van der Waals surface area (Å²) in [6.07, 6.45) is 3.71. The second-order valence-corrected chi connectivity index (χ2v) is 6.07. The molecule has 1 saturated heterocycles. The van der Waals surface area contributed by atoms with Gasteiger partial charge < -0.3 is 19.4 Å². The molecule has 1 aromatic rings. The lowest BCUT2D eigenvalue weighted by Crippen LogP contribution is -2.24. The van der Waals surface area contributed by atoms with Crippen molar-refractivity contribution in [2.45, 2.75) is 39.7 Å². The molecule has 1 aliphatic heterocycles. The summed E-state index contributed by atoms with van der Waals surface area (Å²) in [5.41, 5.74) is 0. The summed E-state index contributed by atoms with van der Waals surface area (Å²) in [5.74, 6) is 2.21. The van der Waals surface area contributed by atoms with E-state index >= 15 is 0 Å². The topological polar surface area (TPSA) is 63.4 Å². The van der Waals surface area contributed by atoms with Crippen molar-refractivity contribution >= 4 is 6.01 Å². The van der Waals surface area contributed by atoms with E-state index in [-0.39, 0.29) is 0 Å². The second kappa shape index (κ2) is 8.34. The fraction of sp³-hybridized carbons (Fsp3) is 0.867. The molecule has 1 aromatic heterocycles. The van der Waals surface area contributed by atoms with Crippen LogP contribution in [0.4, 0.5) is 6.01 Å². The van der Waals surface area contributed by atoms with Gasteiger partial charge in [-0.1, -0.05) is 18.9 Å². The van der Waals surface area contributed by atoms with Crippen LogP contribution in [0.15, 0.2) is 4.42 Å². The number of ether oxygens (including phenoxy) is 1. The normalized spacial score (nSPS) is 20.0. The van der Waals surface area contributed by atoms with Gasteiger partial charge in [-0.3, -0.25) is 0 Å². The third-order valence-corrected chi connectivity index (χ3v) is 4.20. The fourth-order valence-corrected chi connectivity index (χ4v) is 2.79. The van der Waals surface area contributed by atoms with Gasteiger partial charge in [0, 0.05) is 26.7 Å². The van der Waals surface area contributed by atoms with E-state index in [1.165, 1.54) is 19.3 Å². The molecule has 2 rings (SSSR count).